The average Bonchev–Trinajstić information content (AvgIpc) is 3.51. The van der Waals surface area contributed by atoms with Crippen molar-refractivity contribution in [2.24, 2.45) is 9.98 Å². The van der Waals surface area contributed by atoms with Gasteiger partial charge in [0.2, 0.25) is 0 Å². The number of aromatic nitrogens is 1. The van der Waals surface area contributed by atoms with Crippen molar-refractivity contribution in [2.45, 2.75) is 12.1 Å². The quantitative estimate of drug-likeness (QED) is 0.186. The first-order chi connectivity index (χ1) is 24.3. The number of hydrogen-bond donors (Lipinski definition) is 0. The van der Waals surface area contributed by atoms with E-state index < -0.39 is 0 Å². The van der Waals surface area contributed by atoms with Crippen LogP contribution in [0.4, 0.5) is 0 Å². The summed E-state index contributed by atoms with van der Waals surface area (Å²) in [5.41, 5.74) is 15.4. The van der Waals surface area contributed by atoms with Crippen LogP contribution in [-0.2, 0) is 0 Å². The van der Waals surface area contributed by atoms with Crippen molar-refractivity contribution < 1.29 is 0 Å². The van der Waals surface area contributed by atoms with Gasteiger partial charge in [-0.05, 0) is 80.9 Å². The lowest BCUT2D eigenvalue weighted by molar-refractivity contribution is 0.570. The van der Waals surface area contributed by atoms with Gasteiger partial charge in [0.25, 0.3) is 0 Å². The molecule has 2 atom stereocenters. The number of benzene rings is 7. The van der Waals surface area contributed by atoms with Gasteiger partial charge in [-0.15, -0.1) is 0 Å². The molecule has 0 bridgehead atoms. The Hall–Kier alpha value is -6.32. The zero-order valence-corrected chi connectivity index (χ0v) is 26.7. The molecule has 2 heterocycles. The van der Waals surface area contributed by atoms with Crippen molar-refractivity contribution in [3.05, 3.63) is 187 Å². The highest BCUT2D eigenvalue weighted by atomic mass is 15.0. The van der Waals surface area contributed by atoms with Crippen LogP contribution in [0.1, 0.15) is 28.8 Å². The van der Waals surface area contributed by atoms with E-state index in [2.05, 4.69) is 174 Å². The van der Waals surface area contributed by atoms with Crippen LogP contribution in [0.2, 0.25) is 0 Å². The Morgan fingerprint density at radius 2 is 0.898 bits per heavy atom. The maximum absolute atomic E-state index is 5.34. The smallest absolute Gasteiger partial charge is 0.103 e. The largest absolute Gasteiger partial charge is 0.309 e. The van der Waals surface area contributed by atoms with Crippen molar-refractivity contribution in [3.8, 4) is 39.1 Å². The lowest BCUT2D eigenvalue weighted by atomic mass is 9.79. The van der Waals surface area contributed by atoms with E-state index in [1.54, 1.807) is 0 Å². The van der Waals surface area contributed by atoms with Crippen LogP contribution in [0.3, 0.4) is 0 Å². The number of fused-ring (bicyclic) bond motifs is 9. The van der Waals surface area contributed by atoms with Gasteiger partial charge in [0, 0.05) is 28.2 Å². The van der Waals surface area contributed by atoms with Crippen molar-refractivity contribution in [3.63, 3.8) is 0 Å². The predicted molar refractivity (Wildman–Crippen MR) is 204 cm³/mol. The zero-order chi connectivity index (χ0) is 32.3. The van der Waals surface area contributed by atoms with Crippen LogP contribution >= 0.6 is 0 Å². The highest BCUT2D eigenvalue weighted by molar-refractivity contribution is 6.38. The van der Waals surface area contributed by atoms with Gasteiger partial charge in [-0.1, -0.05) is 133 Å². The average molecular weight is 626 g/mol. The van der Waals surface area contributed by atoms with Crippen LogP contribution in [0.25, 0.3) is 60.9 Å². The van der Waals surface area contributed by atoms with Gasteiger partial charge in [-0.25, -0.2) is 0 Å². The Labute approximate surface area is 285 Å². The van der Waals surface area contributed by atoms with Gasteiger partial charge in [0.05, 0.1) is 16.7 Å². The number of nitrogens with zero attached hydrogens (tertiary/aromatic N) is 3. The lowest BCUT2D eigenvalue weighted by Crippen LogP contribution is -2.22. The summed E-state index contributed by atoms with van der Waals surface area (Å²) in [7, 11) is 0. The first kappa shape index (κ1) is 27.8. The second kappa shape index (κ2) is 11.1. The Kier molecular flexibility index (Phi) is 6.31. The number of rotatable bonds is 4. The molecule has 0 fully saturated rings. The van der Waals surface area contributed by atoms with E-state index in [-0.39, 0.29) is 12.1 Å². The van der Waals surface area contributed by atoms with E-state index in [1.807, 2.05) is 6.21 Å². The van der Waals surface area contributed by atoms with Crippen molar-refractivity contribution in [1.82, 2.24) is 4.57 Å². The van der Waals surface area contributed by atoms with E-state index >= 15 is 0 Å². The highest BCUT2D eigenvalue weighted by Crippen LogP contribution is 2.49. The summed E-state index contributed by atoms with van der Waals surface area (Å²) in [5, 5.41) is 2.48. The Bertz CT molecular complexity index is 2500. The number of aliphatic imine (C=N–C) groups is 2. The molecule has 2 aliphatic rings. The van der Waals surface area contributed by atoms with Crippen LogP contribution in [0.5, 0.6) is 0 Å². The summed E-state index contributed by atoms with van der Waals surface area (Å²) in [4.78, 5) is 10.5. The molecule has 0 amide bonds. The molecule has 3 nitrogen and oxygen atoms in total. The summed E-state index contributed by atoms with van der Waals surface area (Å²) in [6.07, 6.45) is 1.97. The molecule has 3 heteroatoms. The fraction of sp³-hybridized carbons (Fsp3) is 0.0435. The minimum atomic E-state index is -0.0410. The minimum absolute atomic E-state index is 0.00622. The fourth-order valence-electron chi connectivity index (χ4n) is 7.83. The van der Waals surface area contributed by atoms with Gasteiger partial charge in [-0.2, -0.15) is 0 Å². The van der Waals surface area contributed by atoms with Crippen LogP contribution in [0.15, 0.2) is 180 Å². The molecule has 1 unspecified atom stereocenters. The first-order valence-corrected chi connectivity index (χ1v) is 16.9. The first-order valence-electron chi connectivity index (χ1n) is 16.9. The standard InChI is InChI=1S/C46H31N3/c1-3-11-30(12-4-1)33-21-25-43-40(27-33)41-28-34(31-13-5-2-6-14-31)22-26-44(41)49(43)35-23-19-32(20-24-35)42-29-47-45-38-17-9-7-15-36(38)37-16-8-10-18-39(37)46(45)48-42/h1-29,45-46H/t45-,46?/m0/s1. The molecule has 7 aromatic carbocycles. The maximum atomic E-state index is 5.34. The van der Waals surface area contributed by atoms with Crippen molar-refractivity contribution in [1.29, 1.82) is 0 Å². The molecule has 0 saturated carbocycles. The normalized spacial score (nSPS) is 16.2. The molecule has 49 heavy (non-hydrogen) atoms. The van der Waals surface area contributed by atoms with E-state index in [4.69, 9.17) is 9.98 Å². The van der Waals surface area contributed by atoms with Crippen LogP contribution in [0, 0.1) is 0 Å². The van der Waals surface area contributed by atoms with Gasteiger partial charge in [0.1, 0.15) is 12.1 Å². The summed E-state index contributed by atoms with van der Waals surface area (Å²) in [5.74, 6) is 0. The van der Waals surface area contributed by atoms with Gasteiger partial charge in [0.15, 0.2) is 0 Å². The molecular formula is C46H31N3. The zero-order valence-electron chi connectivity index (χ0n) is 26.7. The minimum Gasteiger partial charge on any atom is -0.309 e. The van der Waals surface area contributed by atoms with E-state index in [0.29, 0.717) is 0 Å². The lowest BCUT2D eigenvalue weighted by Gasteiger charge is -2.33. The third kappa shape index (κ3) is 4.51. The molecule has 0 N–H and O–H groups in total. The summed E-state index contributed by atoms with van der Waals surface area (Å²) >= 11 is 0. The van der Waals surface area contributed by atoms with Gasteiger partial charge >= 0.3 is 0 Å². The molecule has 10 rings (SSSR count). The van der Waals surface area contributed by atoms with E-state index in [9.17, 15) is 0 Å². The Morgan fingerprint density at radius 1 is 0.408 bits per heavy atom. The molecule has 1 aliphatic carbocycles. The Morgan fingerprint density at radius 3 is 1.47 bits per heavy atom. The highest BCUT2D eigenvalue weighted by Gasteiger charge is 2.35. The number of hydrogen-bond acceptors (Lipinski definition) is 2. The van der Waals surface area contributed by atoms with E-state index in [0.717, 1.165) is 17.0 Å². The summed E-state index contributed by atoms with van der Waals surface area (Å²) in [6.45, 7) is 0. The van der Waals surface area contributed by atoms with Crippen molar-refractivity contribution >= 4 is 33.7 Å². The molecule has 0 spiro atoms. The monoisotopic (exact) mass is 625 g/mol. The molecule has 0 radical (unpaired) electrons. The van der Waals surface area contributed by atoms with Crippen LogP contribution < -0.4 is 0 Å². The molecule has 0 saturated heterocycles. The third-order valence-electron chi connectivity index (χ3n) is 10.2. The topological polar surface area (TPSA) is 29.6 Å². The molecular weight excluding hydrogens is 595 g/mol. The third-order valence-corrected chi connectivity index (χ3v) is 10.2. The second-order valence-electron chi connectivity index (χ2n) is 12.9. The molecule has 1 aliphatic heterocycles. The Balaban J connectivity index is 1.08. The SMILES string of the molecule is C1=N[C@H]2c3ccccc3-c3ccccc3C2N=C1c1ccc(-n2c3ccc(-c4ccccc4)cc3c3cc(-c4ccccc4)ccc32)cc1. The molecule has 1 aromatic heterocycles. The molecule has 230 valence electrons. The summed E-state index contributed by atoms with van der Waals surface area (Å²) < 4.78 is 2.39. The predicted octanol–water partition coefficient (Wildman–Crippen LogP) is 11.5. The fourth-order valence-corrected chi connectivity index (χ4v) is 7.83. The molecule has 8 aromatic rings. The second-order valence-corrected chi connectivity index (χ2v) is 12.9. The van der Waals surface area contributed by atoms with Crippen molar-refractivity contribution in [2.75, 3.05) is 0 Å². The van der Waals surface area contributed by atoms with Gasteiger partial charge in [-0.3, -0.25) is 9.98 Å². The van der Waals surface area contributed by atoms with Crippen LogP contribution in [-0.4, -0.2) is 16.5 Å². The maximum Gasteiger partial charge on any atom is 0.103 e. The van der Waals surface area contributed by atoms with E-state index in [1.165, 1.54) is 66.3 Å². The summed E-state index contributed by atoms with van der Waals surface area (Å²) in [6, 6.07) is 61.0. The van der Waals surface area contributed by atoms with Gasteiger partial charge < -0.3 is 4.57 Å².